The summed E-state index contributed by atoms with van der Waals surface area (Å²) >= 11 is 1.72. The molecule has 0 aliphatic carbocycles. The zero-order valence-corrected chi connectivity index (χ0v) is 15.1. The van der Waals surface area contributed by atoms with E-state index >= 15 is 0 Å². The number of benzene rings is 2. The summed E-state index contributed by atoms with van der Waals surface area (Å²) in [5.41, 5.74) is 3.47. The molecule has 0 radical (unpaired) electrons. The van der Waals surface area contributed by atoms with Crippen LogP contribution in [0.25, 0.3) is 11.5 Å². The molecule has 0 saturated carbocycles. The minimum atomic E-state index is 0.0894. The highest BCUT2D eigenvalue weighted by Gasteiger charge is 2.16. The van der Waals surface area contributed by atoms with Crippen LogP contribution >= 0.6 is 11.8 Å². The van der Waals surface area contributed by atoms with Gasteiger partial charge in [0.2, 0.25) is 11.8 Å². The molecule has 0 fully saturated rings. The molecule has 24 heavy (non-hydrogen) atoms. The van der Waals surface area contributed by atoms with E-state index in [1.54, 1.807) is 18.9 Å². The second kappa shape index (κ2) is 7.09. The van der Waals surface area contributed by atoms with Crippen molar-refractivity contribution in [3.8, 4) is 17.2 Å². The molecule has 0 saturated heterocycles. The van der Waals surface area contributed by atoms with Crippen molar-refractivity contribution in [2.24, 2.45) is 0 Å². The van der Waals surface area contributed by atoms with E-state index in [4.69, 9.17) is 9.15 Å². The minimum Gasteiger partial charge on any atom is -0.497 e. The van der Waals surface area contributed by atoms with Gasteiger partial charge < -0.3 is 9.15 Å². The Morgan fingerprint density at radius 2 is 1.75 bits per heavy atom. The monoisotopic (exact) mass is 340 g/mol. The summed E-state index contributed by atoms with van der Waals surface area (Å²) in [6, 6.07) is 14.1. The summed E-state index contributed by atoms with van der Waals surface area (Å²) in [5.74, 6) is 1.96. The van der Waals surface area contributed by atoms with Crippen LogP contribution in [0.1, 0.15) is 29.2 Å². The molecule has 3 rings (SSSR count). The number of thioether (sulfide) groups is 1. The Labute approximate surface area is 146 Å². The van der Waals surface area contributed by atoms with Gasteiger partial charge in [0.25, 0.3) is 0 Å². The van der Waals surface area contributed by atoms with Crippen molar-refractivity contribution in [1.82, 2.24) is 10.2 Å². The second-order valence-corrected chi connectivity index (χ2v) is 7.09. The Bertz CT molecular complexity index is 828. The molecule has 1 atom stereocenters. The van der Waals surface area contributed by atoms with Crippen LogP contribution in [0.5, 0.6) is 5.75 Å². The van der Waals surface area contributed by atoms with Gasteiger partial charge in [-0.25, -0.2) is 0 Å². The molecule has 3 aromatic rings. The van der Waals surface area contributed by atoms with E-state index in [1.165, 1.54) is 16.0 Å². The first-order chi connectivity index (χ1) is 11.6. The van der Waals surface area contributed by atoms with Crippen molar-refractivity contribution in [2.45, 2.75) is 30.9 Å². The van der Waals surface area contributed by atoms with Crippen molar-refractivity contribution >= 4 is 11.8 Å². The summed E-state index contributed by atoms with van der Waals surface area (Å²) in [6.45, 7) is 6.32. The molecule has 124 valence electrons. The smallest absolute Gasteiger partial charge is 0.247 e. The van der Waals surface area contributed by atoms with E-state index in [0.29, 0.717) is 11.8 Å². The number of aryl methyl sites for hydroxylation is 2. The third-order valence-corrected chi connectivity index (χ3v) is 5.00. The van der Waals surface area contributed by atoms with E-state index in [9.17, 15) is 0 Å². The SMILES string of the molecule is COc1ccc(-c2nnc([C@H](C)Sc3ccc(C)c(C)c3)o2)cc1. The summed E-state index contributed by atoms with van der Waals surface area (Å²) in [5, 5.41) is 8.46. The lowest BCUT2D eigenvalue weighted by Crippen LogP contribution is -1.89. The van der Waals surface area contributed by atoms with Crippen LogP contribution in [0.15, 0.2) is 51.8 Å². The quantitative estimate of drug-likeness (QED) is 0.596. The van der Waals surface area contributed by atoms with Crippen LogP contribution in [-0.4, -0.2) is 17.3 Å². The standard InChI is InChI=1S/C19H20N2O2S/c1-12-5-10-17(11-13(12)2)24-14(3)18-20-21-19(23-18)15-6-8-16(22-4)9-7-15/h5-11,14H,1-4H3/t14-/m0/s1. The molecule has 0 spiro atoms. The molecular formula is C19H20N2O2S. The Balaban J connectivity index is 1.75. The van der Waals surface area contributed by atoms with Crippen LogP contribution in [0.4, 0.5) is 0 Å². The predicted octanol–water partition coefficient (Wildman–Crippen LogP) is 5.22. The van der Waals surface area contributed by atoms with E-state index in [-0.39, 0.29) is 5.25 Å². The fourth-order valence-corrected chi connectivity index (χ4v) is 3.29. The van der Waals surface area contributed by atoms with Gasteiger partial charge in [-0.3, -0.25) is 0 Å². The highest BCUT2D eigenvalue weighted by Crippen LogP contribution is 2.35. The van der Waals surface area contributed by atoms with Gasteiger partial charge in [-0.15, -0.1) is 22.0 Å². The van der Waals surface area contributed by atoms with E-state index in [0.717, 1.165) is 11.3 Å². The molecule has 5 heteroatoms. The number of ether oxygens (including phenoxy) is 1. The molecule has 0 bridgehead atoms. The van der Waals surface area contributed by atoms with E-state index < -0.39 is 0 Å². The van der Waals surface area contributed by atoms with E-state index in [2.05, 4.69) is 49.2 Å². The van der Waals surface area contributed by atoms with Gasteiger partial charge in [-0.05, 0) is 68.3 Å². The Morgan fingerprint density at radius 1 is 1.00 bits per heavy atom. The lowest BCUT2D eigenvalue weighted by Gasteiger charge is -2.08. The maximum atomic E-state index is 5.85. The van der Waals surface area contributed by atoms with E-state index in [1.807, 2.05) is 24.3 Å². The summed E-state index contributed by atoms with van der Waals surface area (Å²) in [7, 11) is 1.64. The van der Waals surface area contributed by atoms with Crippen LogP contribution in [0, 0.1) is 13.8 Å². The molecule has 4 nitrogen and oxygen atoms in total. The largest absolute Gasteiger partial charge is 0.497 e. The number of aromatic nitrogens is 2. The maximum Gasteiger partial charge on any atom is 0.247 e. The maximum absolute atomic E-state index is 5.85. The van der Waals surface area contributed by atoms with Gasteiger partial charge in [-0.2, -0.15) is 0 Å². The van der Waals surface area contributed by atoms with Crippen molar-refractivity contribution < 1.29 is 9.15 Å². The van der Waals surface area contributed by atoms with Gasteiger partial charge in [0, 0.05) is 10.5 Å². The van der Waals surface area contributed by atoms with Gasteiger partial charge in [0.15, 0.2) is 0 Å². The van der Waals surface area contributed by atoms with Gasteiger partial charge in [-0.1, -0.05) is 6.07 Å². The number of rotatable bonds is 5. The van der Waals surface area contributed by atoms with Crippen molar-refractivity contribution in [3.05, 3.63) is 59.5 Å². The zero-order chi connectivity index (χ0) is 17.1. The Hall–Kier alpha value is -2.27. The molecule has 0 N–H and O–H groups in total. The summed E-state index contributed by atoms with van der Waals surface area (Å²) in [4.78, 5) is 1.20. The first kappa shape index (κ1) is 16.6. The summed E-state index contributed by atoms with van der Waals surface area (Å²) < 4.78 is 11.0. The van der Waals surface area contributed by atoms with Crippen LogP contribution in [-0.2, 0) is 0 Å². The average Bonchev–Trinajstić information content (AvgIpc) is 3.08. The first-order valence-corrected chi connectivity index (χ1v) is 8.66. The van der Waals surface area contributed by atoms with Crippen molar-refractivity contribution in [2.75, 3.05) is 7.11 Å². The van der Waals surface area contributed by atoms with Gasteiger partial charge in [0.05, 0.1) is 12.4 Å². The normalized spacial score (nSPS) is 12.2. The fourth-order valence-electron chi connectivity index (χ4n) is 2.29. The average molecular weight is 340 g/mol. The van der Waals surface area contributed by atoms with Crippen LogP contribution < -0.4 is 4.74 Å². The molecule has 0 unspecified atom stereocenters. The fraction of sp³-hybridized carbons (Fsp3) is 0.263. The lowest BCUT2D eigenvalue weighted by molar-refractivity contribution is 0.415. The number of hydrogen-bond acceptors (Lipinski definition) is 5. The molecule has 1 aromatic heterocycles. The lowest BCUT2D eigenvalue weighted by atomic mass is 10.1. The highest BCUT2D eigenvalue weighted by molar-refractivity contribution is 7.99. The van der Waals surface area contributed by atoms with Gasteiger partial charge in [0.1, 0.15) is 5.75 Å². The molecular weight excluding hydrogens is 320 g/mol. The first-order valence-electron chi connectivity index (χ1n) is 7.78. The third-order valence-electron chi connectivity index (χ3n) is 3.92. The zero-order valence-electron chi connectivity index (χ0n) is 14.2. The third kappa shape index (κ3) is 3.62. The molecule has 0 aliphatic heterocycles. The molecule has 1 heterocycles. The number of methoxy groups -OCH3 is 1. The van der Waals surface area contributed by atoms with Crippen molar-refractivity contribution in [3.63, 3.8) is 0 Å². The molecule has 2 aromatic carbocycles. The van der Waals surface area contributed by atoms with Gasteiger partial charge >= 0.3 is 0 Å². The Kier molecular flexibility index (Phi) is 4.90. The highest BCUT2D eigenvalue weighted by atomic mass is 32.2. The number of hydrogen-bond donors (Lipinski definition) is 0. The number of nitrogens with zero attached hydrogens (tertiary/aromatic N) is 2. The molecule has 0 aliphatic rings. The van der Waals surface area contributed by atoms with Crippen molar-refractivity contribution in [1.29, 1.82) is 0 Å². The summed E-state index contributed by atoms with van der Waals surface area (Å²) in [6.07, 6.45) is 0. The minimum absolute atomic E-state index is 0.0894. The van der Waals surface area contributed by atoms with Crippen LogP contribution in [0.3, 0.4) is 0 Å². The van der Waals surface area contributed by atoms with Crippen LogP contribution in [0.2, 0.25) is 0 Å². The second-order valence-electron chi connectivity index (χ2n) is 5.68. The molecule has 0 amide bonds. The Morgan fingerprint density at radius 3 is 2.42 bits per heavy atom. The topological polar surface area (TPSA) is 48.2 Å². The predicted molar refractivity (Wildman–Crippen MR) is 96.5 cm³/mol.